The minimum Gasteiger partial charge on any atom is -0.383 e. The van der Waals surface area contributed by atoms with Gasteiger partial charge >= 0.3 is 0 Å². The molecule has 30 heavy (non-hydrogen) atoms. The predicted octanol–water partition coefficient (Wildman–Crippen LogP) is 2.43. The molecule has 2 aliphatic rings. The van der Waals surface area contributed by atoms with Crippen LogP contribution in [0.2, 0.25) is 0 Å². The summed E-state index contributed by atoms with van der Waals surface area (Å²) >= 11 is 0. The van der Waals surface area contributed by atoms with Gasteiger partial charge in [0, 0.05) is 52.1 Å². The van der Waals surface area contributed by atoms with E-state index in [0.717, 1.165) is 51.1 Å². The van der Waals surface area contributed by atoms with E-state index in [1.54, 1.807) is 13.3 Å². The molecule has 7 nitrogen and oxygen atoms in total. The van der Waals surface area contributed by atoms with Crippen molar-refractivity contribution in [3.63, 3.8) is 0 Å². The molecule has 2 fully saturated rings. The van der Waals surface area contributed by atoms with Crippen molar-refractivity contribution in [2.75, 3.05) is 50.5 Å². The van der Waals surface area contributed by atoms with E-state index in [4.69, 9.17) is 4.74 Å². The molecule has 2 heterocycles. The minimum absolute atomic E-state index is 0.210. The average molecular weight is 433 g/mol. The van der Waals surface area contributed by atoms with E-state index in [2.05, 4.69) is 39.0 Å². The summed E-state index contributed by atoms with van der Waals surface area (Å²) < 4.78 is 32.9. The van der Waals surface area contributed by atoms with E-state index >= 15 is 0 Å². The van der Waals surface area contributed by atoms with Crippen molar-refractivity contribution in [2.45, 2.75) is 37.5 Å². The summed E-state index contributed by atoms with van der Waals surface area (Å²) in [5.41, 5.74) is 2.22. The number of nitrogens with zero attached hydrogens (tertiary/aromatic N) is 4. The third kappa shape index (κ3) is 5.22. The molecule has 1 aromatic carbocycles. The van der Waals surface area contributed by atoms with Crippen molar-refractivity contribution in [1.82, 2.24) is 14.5 Å². The summed E-state index contributed by atoms with van der Waals surface area (Å²) in [7, 11) is -1.72. The zero-order chi connectivity index (χ0) is 21.0. The number of anilines is 1. The van der Waals surface area contributed by atoms with Gasteiger partial charge in [-0.05, 0) is 37.3 Å². The van der Waals surface area contributed by atoms with Crippen molar-refractivity contribution in [2.24, 2.45) is 5.92 Å². The second-order valence-electron chi connectivity index (χ2n) is 8.35. The second-order valence-corrected chi connectivity index (χ2v) is 10.3. The predicted molar refractivity (Wildman–Crippen MR) is 117 cm³/mol. The van der Waals surface area contributed by atoms with E-state index in [9.17, 15) is 8.42 Å². The molecule has 2 aromatic rings. The average Bonchev–Trinajstić information content (AvgIpc) is 3.50. The zero-order valence-electron chi connectivity index (χ0n) is 17.7. The lowest BCUT2D eigenvalue weighted by Gasteiger charge is -2.24. The lowest BCUT2D eigenvalue weighted by atomic mass is 10.3. The Kier molecular flexibility index (Phi) is 6.75. The maximum Gasteiger partial charge on any atom is 0.227 e. The van der Waals surface area contributed by atoms with Gasteiger partial charge in [0.15, 0.2) is 0 Å². The van der Waals surface area contributed by atoms with Crippen molar-refractivity contribution >= 4 is 15.5 Å². The van der Waals surface area contributed by atoms with Gasteiger partial charge in [-0.3, -0.25) is 4.90 Å². The molecule has 0 bridgehead atoms. The molecular weight excluding hydrogens is 400 g/mol. The number of sulfone groups is 1. The Morgan fingerprint density at radius 1 is 1.10 bits per heavy atom. The quantitative estimate of drug-likeness (QED) is 0.606. The topological polar surface area (TPSA) is 67.7 Å². The smallest absolute Gasteiger partial charge is 0.227 e. The second kappa shape index (κ2) is 9.49. The molecule has 1 saturated carbocycles. The van der Waals surface area contributed by atoms with Gasteiger partial charge in [-0.2, -0.15) is 0 Å². The van der Waals surface area contributed by atoms with Gasteiger partial charge in [0.1, 0.15) is 0 Å². The van der Waals surface area contributed by atoms with Gasteiger partial charge in [-0.1, -0.05) is 18.2 Å². The number of imidazole rings is 1. The van der Waals surface area contributed by atoms with Crippen LogP contribution in [-0.2, 0) is 27.7 Å². The molecule has 0 radical (unpaired) electrons. The Labute approximate surface area is 179 Å². The first-order chi connectivity index (χ1) is 14.6. The fourth-order valence-corrected chi connectivity index (χ4v) is 5.97. The van der Waals surface area contributed by atoms with Gasteiger partial charge < -0.3 is 14.2 Å². The first-order valence-corrected chi connectivity index (χ1v) is 12.5. The Balaban J connectivity index is 1.47. The highest BCUT2D eigenvalue weighted by Gasteiger charge is 2.32. The van der Waals surface area contributed by atoms with Gasteiger partial charge in [-0.15, -0.1) is 0 Å². The molecule has 8 heteroatoms. The number of rotatable bonds is 9. The van der Waals surface area contributed by atoms with Crippen LogP contribution in [-0.4, -0.2) is 68.5 Å². The van der Waals surface area contributed by atoms with Crippen LogP contribution in [0.15, 0.2) is 41.7 Å². The largest absolute Gasteiger partial charge is 0.383 e. The van der Waals surface area contributed by atoms with Crippen LogP contribution in [0.5, 0.6) is 0 Å². The normalized spacial score (nSPS) is 18.5. The molecule has 1 saturated heterocycles. The molecule has 4 rings (SSSR count). The summed E-state index contributed by atoms with van der Waals surface area (Å²) in [5.74, 6) is 0.521. The summed E-state index contributed by atoms with van der Waals surface area (Å²) in [6.45, 7) is 5.61. The van der Waals surface area contributed by atoms with Crippen LogP contribution in [0, 0.1) is 5.92 Å². The molecule has 0 amide bonds. The number of hydrogen-bond acceptors (Lipinski definition) is 6. The van der Waals surface area contributed by atoms with Crippen molar-refractivity contribution < 1.29 is 13.2 Å². The lowest BCUT2D eigenvalue weighted by Crippen LogP contribution is -2.31. The van der Waals surface area contributed by atoms with Crippen LogP contribution in [0.25, 0.3) is 0 Å². The summed E-state index contributed by atoms with van der Waals surface area (Å²) in [5, 5.41) is 0.210. The van der Waals surface area contributed by atoms with Crippen molar-refractivity contribution in [3.05, 3.63) is 42.2 Å². The molecule has 0 atom stereocenters. The third-order valence-electron chi connectivity index (χ3n) is 5.95. The first-order valence-electron chi connectivity index (χ1n) is 10.9. The molecule has 0 N–H and O–H groups in total. The number of aromatic nitrogens is 2. The molecule has 1 aliphatic heterocycles. The Bertz CT molecular complexity index is 925. The van der Waals surface area contributed by atoms with Gasteiger partial charge in [0.2, 0.25) is 15.0 Å². The van der Waals surface area contributed by atoms with E-state index in [1.165, 1.54) is 5.69 Å². The lowest BCUT2D eigenvalue weighted by molar-refractivity contribution is 0.181. The molecule has 1 aromatic heterocycles. The van der Waals surface area contributed by atoms with Crippen LogP contribution in [0.3, 0.4) is 0 Å². The van der Waals surface area contributed by atoms with Crippen molar-refractivity contribution in [1.29, 1.82) is 0 Å². The minimum atomic E-state index is -3.36. The van der Waals surface area contributed by atoms with Crippen LogP contribution in [0.4, 0.5) is 5.69 Å². The SMILES string of the molecule is COCCn1c(CN2CCCN(c3ccccc3)CC2)cnc1S(=O)(=O)CC1CC1. The third-order valence-corrected chi connectivity index (χ3v) is 7.74. The summed E-state index contributed by atoms with van der Waals surface area (Å²) in [4.78, 5) is 9.18. The van der Waals surface area contributed by atoms with E-state index in [-0.39, 0.29) is 10.9 Å². The van der Waals surface area contributed by atoms with E-state index in [1.807, 2.05) is 10.6 Å². The summed E-state index contributed by atoms with van der Waals surface area (Å²) in [6.07, 6.45) is 4.84. The first kappa shape index (κ1) is 21.3. The fraction of sp³-hybridized carbons (Fsp3) is 0.591. The summed E-state index contributed by atoms with van der Waals surface area (Å²) in [6, 6.07) is 10.5. The van der Waals surface area contributed by atoms with Crippen LogP contribution >= 0.6 is 0 Å². The fourth-order valence-electron chi connectivity index (χ4n) is 4.11. The number of methoxy groups -OCH3 is 1. The zero-order valence-corrected chi connectivity index (χ0v) is 18.6. The highest BCUT2D eigenvalue weighted by Crippen LogP contribution is 2.32. The maximum absolute atomic E-state index is 12.9. The Morgan fingerprint density at radius 2 is 1.90 bits per heavy atom. The van der Waals surface area contributed by atoms with Crippen LogP contribution in [0.1, 0.15) is 25.0 Å². The molecule has 0 unspecified atom stereocenters. The highest BCUT2D eigenvalue weighted by molar-refractivity contribution is 7.91. The number of para-hydroxylation sites is 1. The number of benzene rings is 1. The highest BCUT2D eigenvalue weighted by atomic mass is 32.2. The molecule has 0 spiro atoms. The number of ether oxygens (including phenoxy) is 1. The van der Waals surface area contributed by atoms with Gasteiger partial charge in [0.25, 0.3) is 0 Å². The standard InChI is InChI=1S/C22H32N4O3S/c1-29-15-14-26-21(16-23-22(26)30(27,28)18-19-8-9-19)17-24-10-5-11-25(13-12-24)20-6-3-2-4-7-20/h2-4,6-7,16,19H,5,8-15,17-18H2,1H3. The van der Waals surface area contributed by atoms with Crippen LogP contribution < -0.4 is 4.90 Å². The van der Waals surface area contributed by atoms with E-state index < -0.39 is 9.84 Å². The molecule has 1 aliphatic carbocycles. The van der Waals surface area contributed by atoms with Gasteiger partial charge in [-0.25, -0.2) is 13.4 Å². The Hall–Kier alpha value is -1.90. The monoisotopic (exact) mass is 432 g/mol. The molecule has 164 valence electrons. The van der Waals surface area contributed by atoms with Crippen molar-refractivity contribution in [3.8, 4) is 0 Å². The number of hydrogen-bond donors (Lipinski definition) is 0. The van der Waals surface area contributed by atoms with Gasteiger partial charge in [0.05, 0.1) is 24.3 Å². The molecular formula is C22H32N4O3S. The Morgan fingerprint density at radius 3 is 2.63 bits per heavy atom. The maximum atomic E-state index is 12.9. The van der Waals surface area contributed by atoms with E-state index in [0.29, 0.717) is 25.6 Å².